The molecule has 2 atom stereocenters. The average molecular weight is 593 g/mol. The van der Waals surface area contributed by atoms with Gasteiger partial charge in [0.05, 0.1) is 45.5 Å². The van der Waals surface area contributed by atoms with Gasteiger partial charge in [-0.25, -0.2) is 9.78 Å². The number of ether oxygens (including phenoxy) is 2. The molecule has 1 aromatic carbocycles. The lowest BCUT2D eigenvalue weighted by Gasteiger charge is -2.40. The smallest absolute Gasteiger partial charge is 0.410 e. The number of rotatable bonds is 7. The summed E-state index contributed by atoms with van der Waals surface area (Å²) in [5.74, 6) is -0.216. The third kappa shape index (κ3) is 6.30. The summed E-state index contributed by atoms with van der Waals surface area (Å²) in [5, 5.41) is 5.10. The van der Waals surface area contributed by atoms with Crippen molar-refractivity contribution in [3.63, 3.8) is 0 Å². The first-order valence-corrected chi connectivity index (χ1v) is 15.2. The zero-order chi connectivity index (χ0) is 29.1. The van der Waals surface area contributed by atoms with Crippen molar-refractivity contribution in [2.24, 2.45) is 7.05 Å². The second-order valence-corrected chi connectivity index (χ2v) is 12.2. The molecule has 2 amide bonds. The molecule has 1 saturated heterocycles. The van der Waals surface area contributed by atoms with E-state index in [-0.39, 0.29) is 30.8 Å². The normalized spacial score (nSPS) is 19.4. The third-order valence-electron chi connectivity index (χ3n) is 7.44. The van der Waals surface area contributed by atoms with E-state index in [1.54, 1.807) is 17.4 Å². The molecule has 215 valence electrons. The summed E-state index contributed by atoms with van der Waals surface area (Å²) in [6, 6.07) is 5.56. The van der Waals surface area contributed by atoms with Crippen LogP contribution in [0.25, 0.3) is 6.08 Å². The van der Waals surface area contributed by atoms with E-state index in [0.29, 0.717) is 40.3 Å². The molecule has 9 nitrogen and oxygen atoms in total. The van der Waals surface area contributed by atoms with Gasteiger partial charge in [0, 0.05) is 45.4 Å². The molecule has 11 heteroatoms. The van der Waals surface area contributed by atoms with Crippen molar-refractivity contribution in [1.82, 2.24) is 24.7 Å². The van der Waals surface area contributed by atoms with Gasteiger partial charge in [-0.1, -0.05) is 35.5 Å². The number of hydrogen-bond donors (Lipinski definition) is 1. The van der Waals surface area contributed by atoms with Gasteiger partial charge in [-0.05, 0) is 59.5 Å². The number of methoxy groups -OCH3 is 1. The molecule has 0 spiro atoms. The Morgan fingerprint density at radius 1 is 1.22 bits per heavy atom. The van der Waals surface area contributed by atoms with Crippen molar-refractivity contribution in [1.29, 1.82) is 0 Å². The molecular formula is C30H35ClN5O4Si. The molecule has 2 aliphatic heterocycles. The molecule has 5 rings (SSSR count). The van der Waals surface area contributed by atoms with Crippen molar-refractivity contribution < 1.29 is 19.1 Å². The number of aryl methyl sites for hydroxylation is 1. The summed E-state index contributed by atoms with van der Waals surface area (Å²) in [4.78, 5) is 34.1. The molecule has 2 aromatic rings. The lowest BCUT2D eigenvalue weighted by Crippen LogP contribution is -2.50. The molecule has 0 bridgehead atoms. The summed E-state index contributed by atoms with van der Waals surface area (Å²) in [7, 11) is 3.89. The highest BCUT2D eigenvalue weighted by molar-refractivity contribution is 6.57. The average Bonchev–Trinajstić information content (AvgIpc) is 3.31. The van der Waals surface area contributed by atoms with Crippen molar-refractivity contribution in [3.05, 3.63) is 81.1 Å². The molecule has 3 heterocycles. The second kappa shape index (κ2) is 12.7. The fourth-order valence-corrected chi connectivity index (χ4v) is 7.03. The molecule has 1 aromatic heterocycles. The zero-order valence-electron chi connectivity index (χ0n) is 23.8. The van der Waals surface area contributed by atoms with Crippen LogP contribution in [0.5, 0.6) is 0 Å². The highest BCUT2D eigenvalue weighted by Gasteiger charge is 2.36. The number of amides is 2. The molecule has 0 saturated carbocycles. The van der Waals surface area contributed by atoms with Gasteiger partial charge in [-0.3, -0.25) is 9.69 Å². The zero-order valence-corrected chi connectivity index (χ0v) is 25.5. The number of nitrogens with zero attached hydrogens (tertiary/aromatic N) is 4. The van der Waals surface area contributed by atoms with E-state index in [4.69, 9.17) is 21.1 Å². The summed E-state index contributed by atoms with van der Waals surface area (Å²) >= 11 is 6.56. The van der Waals surface area contributed by atoms with Gasteiger partial charge in [0.2, 0.25) is 5.91 Å². The lowest BCUT2D eigenvalue weighted by atomic mass is 9.93. The fourth-order valence-electron chi connectivity index (χ4n) is 5.60. The highest BCUT2D eigenvalue weighted by Crippen LogP contribution is 2.43. The van der Waals surface area contributed by atoms with Crippen LogP contribution in [0.4, 0.5) is 4.79 Å². The summed E-state index contributed by atoms with van der Waals surface area (Å²) in [6.07, 6.45) is 9.48. The van der Waals surface area contributed by atoms with Crippen LogP contribution in [0, 0.1) is 0 Å². The van der Waals surface area contributed by atoms with E-state index in [2.05, 4.69) is 45.2 Å². The van der Waals surface area contributed by atoms with E-state index in [9.17, 15) is 9.59 Å². The molecule has 41 heavy (non-hydrogen) atoms. The van der Waals surface area contributed by atoms with Crippen molar-refractivity contribution in [2.75, 3.05) is 39.9 Å². The first-order chi connectivity index (χ1) is 19.8. The Morgan fingerprint density at radius 2 is 2.00 bits per heavy atom. The van der Waals surface area contributed by atoms with Crippen LogP contribution in [0.2, 0.25) is 5.02 Å². The molecule has 1 N–H and O–H groups in total. The number of nitrogens with one attached hydrogen (secondary N) is 1. The predicted octanol–water partition coefficient (Wildman–Crippen LogP) is 3.51. The summed E-state index contributed by atoms with van der Waals surface area (Å²) in [6.45, 7) is 6.26. The second-order valence-electron chi connectivity index (χ2n) is 10.6. The third-order valence-corrected chi connectivity index (χ3v) is 8.89. The van der Waals surface area contributed by atoms with E-state index < -0.39 is 6.04 Å². The highest BCUT2D eigenvalue weighted by atomic mass is 35.5. The number of carbonyl (C=O) groups excluding carboxylic acids is 2. The van der Waals surface area contributed by atoms with E-state index >= 15 is 0 Å². The Bertz CT molecular complexity index is 1440. The predicted molar refractivity (Wildman–Crippen MR) is 161 cm³/mol. The van der Waals surface area contributed by atoms with Gasteiger partial charge in [0.25, 0.3) is 0 Å². The number of benzene rings is 1. The van der Waals surface area contributed by atoms with E-state index in [1.807, 2.05) is 37.6 Å². The van der Waals surface area contributed by atoms with Crippen molar-refractivity contribution >= 4 is 44.5 Å². The molecule has 2 unspecified atom stereocenters. The topological polar surface area (TPSA) is 88.9 Å². The van der Waals surface area contributed by atoms with Gasteiger partial charge in [-0.2, -0.15) is 0 Å². The van der Waals surface area contributed by atoms with Crippen molar-refractivity contribution in [2.45, 2.75) is 32.0 Å². The first kappa shape index (κ1) is 29.2. The van der Waals surface area contributed by atoms with Gasteiger partial charge in [0.15, 0.2) is 0 Å². The minimum Gasteiger partial charge on any atom is -0.447 e. The Kier molecular flexibility index (Phi) is 9.03. The largest absolute Gasteiger partial charge is 0.447 e. The van der Waals surface area contributed by atoms with Crippen LogP contribution in [0.1, 0.15) is 42.8 Å². The number of imidazole rings is 1. The van der Waals surface area contributed by atoms with Gasteiger partial charge in [0.1, 0.15) is 6.61 Å². The first-order valence-electron chi connectivity index (χ1n) is 13.7. The standard InChI is InChI=1S/C30H35ClN5O4Si/c1-19(2)40-30(38)36-11-9-35(10-12-36)28-22-8-7-21(31)14-20(22)15-24(23-6-5-13-41-29(23)28)27(33-26(37)17-39-4)25-16-32-18-34(25)3/h5-8,13-16,18-19,27-28H,9-12,17H2,1-4H3,(H,33,37). The number of fused-ring (bicyclic) bond motifs is 1. The molecule has 1 aliphatic carbocycles. The van der Waals surface area contributed by atoms with Crippen LogP contribution in [0.15, 0.2) is 59.2 Å². The number of aromatic nitrogens is 2. The minimum atomic E-state index is -0.462. The molecular weight excluding hydrogens is 558 g/mol. The van der Waals surface area contributed by atoms with Crippen LogP contribution < -0.4 is 5.32 Å². The summed E-state index contributed by atoms with van der Waals surface area (Å²) in [5.41, 5.74) is 7.27. The maximum absolute atomic E-state index is 12.9. The molecule has 1 radical (unpaired) electrons. The van der Waals surface area contributed by atoms with Crippen LogP contribution in [-0.2, 0) is 21.3 Å². The number of carbonyl (C=O) groups is 2. The van der Waals surface area contributed by atoms with Crippen molar-refractivity contribution in [3.8, 4) is 0 Å². The van der Waals surface area contributed by atoms with E-state index in [0.717, 1.165) is 28.0 Å². The number of hydrogen-bond acceptors (Lipinski definition) is 6. The van der Waals surface area contributed by atoms with Crippen LogP contribution >= 0.6 is 11.6 Å². The Hall–Kier alpha value is -3.31. The summed E-state index contributed by atoms with van der Waals surface area (Å²) < 4.78 is 12.5. The molecule has 1 fully saturated rings. The number of piperazine rings is 1. The van der Waals surface area contributed by atoms with Gasteiger partial charge in [-0.15, -0.1) is 0 Å². The van der Waals surface area contributed by atoms with Gasteiger partial charge >= 0.3 is 6.09 Å². The van der Waals surface area contributed by atoms with Crippen LogP contribution in [0.3, 0.4) is 0 Å². The maximum Gasteiger partial charge on any atom is 0.410 e. The number of halogens is 1. The van der Waals surface area contributed by atoms with Crippen LogP contribution in [-0.4, -0.2) is 92.2 Å². The minimum absolute atomic E-state index is 0.0179. The maximum atomic E-state index is 12.9. The Morgan fingerprint density at radius 3 is 2.68 bits per heavy atom. The molecule has 3 aliphatic rings. The SMILES string of the molecule is COCC(=O)NC(C1=Cc2cc(Cl)ccc2C(N2CCN(C(=O)OC(C)C)CC2)C2=C1C=CC=[Si]2)c1cncn1C. The van der Waals surface area contributed by atoms with E-state index in [1.165, 1.54) is 12.3 Å². The Balaban J connectivity index is 1.59. The number of allylic oxidation sites excluding steroid dienone is 2. The quantitative estimate of drug-likeness (QED) is 0.495. The Labute approximate surface area is 247 Å². The fraction of sp³-hybridized carbons (Fsp3) is 0.400. The van der Waals surface area contributed by atoms with Gasteiger partial charge < -0.3 is 24.3 Å². The lowest BCUT2D eigenvalue weighted by molar-refractivity contribution is -0.125. The monoisotopic (exact) mass is 592 g/mol.